The van der Waals surface area contributed by atoms with Crippen molar-refractivity contribution >= 4 is 27.8 Å². The van der Waals surface area contributed by atoms with E-state index >= 15 is 0 Å². The molecular weight excluding hydrogens is 238 g/mol. The van der Waals surface area contributed by atoms with Gasteiger partial charge < -0.3 is 9.72 Å². The molecule has 3 nitrogen and oxygen atoms in total. The van der Waals surface area contributed by atoms with Crippen LogP contribution in [0, 0.1) is 0 Å². The molecule has 19 heavy (non-hydrogen) atoms. The van der Waals surface area contributed by atoms with Gasteiger partial charge in [-0.25, -0.2) is 0 Å². The third-order valence-electron chi connectivity index (χ3n) is 3.22. The molecule has 0 aliphatic rings. The van der Waals surface area contributed by atoms with Crippen LogP contribution in [0.25, 0.3) is 21.8 Å². The molecule has 0 unspecified atom stereocenters. The Hall–Kier alpha value is -2.29. The molecule has 0 aliphatic heterocycles. The Bertz CT molecular complexity index is 743. The number of hydrogen-bond donors (Lipinski definition) is 1. The zero-order chi connectivity index (χ0) is 13.2. The molecule has 3 aromatic rings. The zero-order valence-corrected chi connectivity index (χ0v) is 10.8. The van der Waals surface area contributed by atoms with E-state index in [1.54, 1.807) is 0 Å². The van der Waals surface area contributed by atoms with Crippen molar-refractivity contribution in [2.24, 2.45) is 0 Å². The maximum atomic E-state index is 11.5. The molecular formula is C16H15NO2. The van der Waals surface area contributed by atoms with Crippen LogP contribution in [0.3, 0.4) is 0 Å². The van der Waals surface area contributed by atoms with Crippen molar-refractivity contribution in [2.45, 2.75) is 13.3 Å². The average molecular weight is 253 g/mol. The fourth-order valence-corrected chi connectivity index (χ4v) is 2.39. The maximum absolute atomic E-state index is 11.5. The van der Waals surface area contributed by atoms with Crippen LogP contribution in [0.5, 0.6) is 0 Å². The highest BCUT2D eigenvalue weighted by atomic mass is 16.5. The van der Waals surface area contributed by atoms with Crippen LogP contribution in [-0.4, -0.2) is 17.6 Å². The molecule has 1 aromatic heterocycles. The number of H-pyrrole nitrogens is 1. The molecule has 0 radical (unpaired) electrons. The highest BCUT2D eigenvalue weighted by Crippen LogP contribution is 2.25. The lowest BCUT2D eigenvalue weighted by Gasteiger charge is -2.02. The van der Waals surface area contributed by atoms with Gasteiger partial charge >= 0.3 is 5.97 Å². The lowest BCUT2D eigenvalue weighted by Crippen LogP contribution is -2.07. The van der Waals surface area contributed by atoms with E-state index in [0.717, 1.165) is 16.6 Å². The summed E-state index contributed by atoms with van der Waals surface area (Å²) in [5.74, 6) is -0.182. The molecule has 3 rings (SSSR count). The van der Waals surface area contributed by atoms with E-state index in [2.05, 4.69) is 23.2 Å². The van der Waals surface area contributed by atoms with Gasteiger partial charge in [-0.05, 0) is 24.6 Å². The largest absolute Gasteiger partial charge is 0.466 e. The number of rotatable bonds is 3. The smallest absolute Gasteiger partial charge is 0.310 e. The number of nitrogens with one attached hydrogen (secondary N) is 1. The predicted octanol–water partition coefficient (Wildman–Crippen LogP) is 3.43. The molecule has 0 atom stereocenters. The molecule has 96 valence electrons. The topological polar surface area (TPSA) is 42.1 Å². The van der Waals surface area contributed by atoms with E-state index in [9.17, 15) is 4.79 Å². The van der Waals surface area contributed by atoms with Crippen molar-refractivity contribution in [3.05, 3.63) is 48.0 Å². The first-order valence-corrected chi connectivity index (χ1v) is 6.43. The molecule has 1 N–H and O–H groups in total. The number of esters is 1. The Labute approximate surface area is 111 Å². The van der Waals surface area contributed by atoms with Gasteiger partial charge in [0.25, 0.3) is 0 Å². The summed E-state index contributed by atoms with van der Waals surface area (Å²) in [5.41, 5.74) is 3.14. The van der Waals surface area contributed by atoms with Gasteiger partial charge in [-0.3, -0.25) is 4.79 Å². The third kappa shape index (κ3) is 2.19. The Morgan fingerprint density at radius 2 is 1.89 bits per heavy atom. The Morgan fingerprint density at radius 3 is 2.74 bits per heavy atom. The number of aromatic amines is 1. The van der Waals surface area contributed by atoms with Gasteiger partial charge in [0, 0.05) is 21.8 Å². The zero-order valence-electron chi connectivity index (χ0n) is 10.8. The minimum Gasteiger partial charge on any atom is -0.466 e. The van der Waals surface area contributed by atoms with E-state index in [0.29, 0.717) is 13.0 Å². The molecule has 0 fully saturated rings. The van der Waals surface area contributed by atoms with Gasteiger partial charge in [-0.1, -0.05) is 30.3 Å². The molecule has 0 saturated carbocycles. The van der Waals surface area contributed by atoms with E-state index in [1.165, 1.54) is 10.8 Å². The molecule has 0 spiro atoms. The summed E-state index contributed by atoms with van der Waals surface area (Å²) in [5, 5.41) is 2.39. The highest BCUT2D eigenvalue weighted by Gasteiger charge is 2.07. The molecule has 2 aromatic carbocycles. The van der Waals surface area contributed by atoms with Gasteiger partial charge in [-0.2, -0.15) is 0 Å². The number of carbonyl (C=O) groups excluding carboxylic acids is 1. The number of ether oxygens (including phenoxy) is 1. The second-order valence-corrected chi connectivity index (χ2v) is 4.53. The molecule has 0 bridgehead atoms. The lowest BCUT2D eigenvalue weighted by atomic mass is 10.1. The number of carbonyl (C=O) groups is 1. The summed E-state index contributed by atoms with van der Waals surface area (Å²) in [7, 11) is 0. The number of hydrogen-bond acceptors (Lipinski definition) is 2. The minimum atomic E-state index is -0.182. The SMILES string of the molecule is CCOC(=O)Cc1ccc2c(c1)[nH]c1ccccc12. The first-order chi connectivity index (χ1) is 9.28. The standard InChI is InChI=1S/C16H15NO2/c1-2-19-16(18)10-11-7-8-13-12-5-3-4-6-14(12)17-15(13)9-11/h3-9,17H,2,10H2,1H3. The number of benzene rings is 2. The first-order valence-electron chi connectivity index (χ1n) is 6.43. The maximum Gasteiger partial charge on any atom is 0.310 e. The average Bonchev–Trinajstić information content (AvgIpc) is 2.76. The molecule has 3 heteroatoms. The quantitative estimate of drug-likeness (QED) is 0.727. The Kier molecular flexibility index (Phi) is 2.95. The summed E-state index contributed by atoms with van der Waals surface area (Å²) in [6.07, 6.45) is 0.319. The number of para-hydroxylation sites is 1. The van der Waals surface area contributed by atoms with Crippen LogP contribution in [0.1, 0.15) is 12.5 Å². The Morgan fingerprint density at radius 1 is 1.11 bits per heavy atom. The summed E-state index contributed by atoms with van der Waals surface area (Å²) >= 11 is 0. The van der Waals surface area contributed by atoms with Crippen LogP contribution >= 0.6 is 0 Å². The van der Waals surface area contributed by atoms with Gasteiger partial charge in [0.1, 0.15) is 0 Å². The van der Waals surface area contributed by atoms with E-state index in [1.807, 2.05) is 31.2 Å². The van der Waals surface area contributed by atoms with Crippen molar-refractivity contribution < 1.29 is 9.53 Å². The lowest BCUT2D eigenvalue weighted by molar-refractivity contribution is -0.142. The second-order valence-electron chi connectivity index (χ2n) is 4.53. The normalized spacial score (nSPS) is 11.0. The summed E-state index contributed by atoms with van der Waals surface area (Å²) in [4.78, 5) is 14.9. The van der Waals surface area contributed by atoms with Crippen molar-refractivity contribution in [2.75, 3.05) is 6.61 Å². The Balaban J connectivity index is 2.01. The van der Waals surface area contributed by atoms with E-state index in [-0.39, 0.29) is 5.97 Å². The van der Waals surface area contributed by atoms with E-state index < -0.39 is 0 Å². The van der Waals surface area contributed by atoms with Gasteiger partial charge in [0.15, 0.2) is 0 Å². The highest BCUT2D eigenvalue weighted by molar-refractivity contribution is 6.07. The molecule has 0 aliphatic carbocycles. The van der Waals surface area contributed by atoms with E-state index in [4.69, 9.17) is 4.74 Å². The van der Waals surface area contributed by atoms with Gasteiger partial charge in [0.05, 0.1) is 13.0 Å². The van der Waals surface area contributed by atoms with Crippen LogP contribution < -0.4 is 0 Å². The van der Waals surface area contributed by atoms with Gasteiger partial charge in [-0.15, -0.1) is 0 Å². The first kappa shape index (κ1) is 11.8. The van der Waals surface area contributed by atoms with Crippen molar-refractivity contribution in [1.29, 1.82) is 0 Å². The summed E-state index contributed by atoms with van der Waals surface area (Å²) < 4.78 is 4.97. The monoisotopic (exact) mass is 253 g/mol. The van der Waals surface area contributed by atoms with Crippen LogP contribution in [-0.2, 0) is 16.0 Å². The van der Waals surface area contributed by atoms with Crippen LogP contribution in [0.15, 0.2) is 42.5 Å². The van der Waals surface area contributed by atoms with Crippen molar-refractivity contribution in [3.63, 3.8) is 0 Å². The summed E-state index contributed by atoms with van der Waals surface area (Å²) in [6, 6.07) is 14.3. The fourth-order valence-electron chi connectivity index (χ4n) is 2.39. The molecule has 0 amide bonds. The van der Waals surface area contributed by atoms with Gasteiger partial charge in [0.2, 0.25) is 0 Å². The van der Waals surface area contributed by atoms with Crippen molar-refractivity contribution in [1.82, 2.24) is 4.98 Å². The molecule has 0 saturated heterocycles. The predicted molar refractivity (Wildman–Crippen MR) is 76.1 cm³/mol. The number of aromatic nitrogens is 1. The van der Waals surface area contributed by atoms with Crippen LogP contribution in [0.2, 0.25) is 0 Å². The minimum absolute atomic E-state index is 0.182. The number of fused-ring (bicyclic) bond motifs is 3. The second kappa shape index (κ2) is 4.76. The molecule has 1 heterocycles. The summed E-state index contributed by atoms with van der Waals surface area (Å²) in [6.45, 7) is 2.24. The third-order valence-corrected chi connectivity index (χ3v) is 3.22. The van der Waals surface area contributed by atoms with Crippen LogP contribution in [0.4, 0.5) is 0 Å². The van der Waals surface area contributed by atoms with Crippen molar-refractivity contribution in [3.8, 4) is 0 Å². The fraction of sp³-hybridized carbons (Fsp3) is 0.188.